The lowest BCUT2D eigenvalue weighted by atomic mass is 10.2. The highest BCUT2D eigenvalue weighted by Crippen LogP contribution is 2.23. The van der Waals surface area contributed by atoms with Crippen LogP contribution in [0.4, 0.5) is 10.1 Å². The molecule has 0 amide bonds. The lowest BCUT2D eigenvalue weighted by molar-refractivity contribution is 0.300. The van der Waals surface area contributed by atoms with Gasteiger partial charge < -0.3 is 10.5 Å². The number of nitrogen functional groups attached to an aromatic ring is 1. The van der Waals surface area contributed by atoms with Crippen LogP contribution in [0, 0.1) is 12.7 Å². The highest BCUT2D eigenvalue weighted by molar-refractivity contribution is 6.31. The van der Waals surface area contributed by atoms with Crippen LogP contribution in [0.25, 0.3) is 0 Å². The summed E-state index contributed by atoms with van der Waals surface area (Å²) in [5.74, 6) is 0.274. The molecule has 18 heavy (non-hydrogen) atoms. The van der Waals surface area contributed by atoms with Gasteiger partial charge in [0.05, 0.1) is 5.02 Å². The van der Waals surface area contributed by atoms with E-state index < -0.39 is 0 Å². The van der Waals surface area contributed by atoms with Gasteiger partial charge in [0.1, 0.15) is 18.2 Å². The fourth-order valence-corrected chi connectivity index (χ4v) is 1.78. The fraction of sp³-hybridized carbons (Fsp3) is 0.143. The van der Waals surface area contributed by atoms with Crippen molar-refractivity contribution in [3.8, 4) is 5.75 Å². The van der Waals surface area contributed by atoms with E-state index in [0.717, 1.165) is 5.56 Å². The van der Waals surface area contributed by atoms with Crippen molar-refractivity contribution in [3.63, 3.8) is 0 Å². The summed E-state index contributed by atoms with van der Waals surface area (Å²) in [5.41, 5.74) is 7.69. The summed E-state index contributed by atoms with van der Waals surface area (Å²) in [6.07, 6.45) is 0. The van der Waals surface area contributed by atoms with E-state index >= 15 is 0 Å². The van der Waals surface area contributed by atoms with Gasteiger partial charge in [-0.2, -0.15) is 0 Å². The van der Waals surface area contributed by atoms with E-state index in [1.54, 1.807) is 24.3 Å². The van der Waals surface area contributed by atoms with Gasteiger partial charge in [-0.05, 0) is 42.8 Å². The molecule has 0 heterocycles. The molecule has 94 valence electrons. The maximum Gasteiger partial charge on any atom is 0.131 e. The Hall–Kier alpha value is -1.74. The SMILES string of the molecule is Cc1cc(OCc2c(F)cccc2Cl)ccc1N. The summed E-state index contributed by atoms with van der Waals surface area (Å²) in [5, 5.41) is 0.363. The van der Waals surface area contributed by atoms with Gasteiger partial charge in [0.2, 0.25) is 0 Å². The first-order chi connectivity index (χ1) is 8.58. The van der Waals surface area contributed by atoms with E-state index in [4.69, 9.17) is 22.1 Å². The van der Waals surface area contributed by atoms with Crippen molar-refractivity contribution in [1.29, 1.82) is 0 Å². The normalized spacial score (nSPS) is 10.4. The number of anilines is 1. The molecule has 2 aromatic carbocycles. The Morgan fingerprint density at radius 1 is 1.28 bits per heavy atom. The third-order valence-corrected chi connectivity index (χ3v) is 3.04. The molecule has 0 aliphatic rings. The zero-order chi connectivity index (χ0) is 13.1. The van der Waals surface area contributed by atoms with Crippen LogP contribution in [0.5, 0.6) is 5.75 Å². The second kappa shape index (κ2) is 5.27. The quantitative estimate of drug-likeness (QED) is 0.853. The Labute approximate surface area is 110 Å². The van der Waals surface area contributed by atoms with Gasteiger partial charge >= 0.3 is 0 Å². The van der Waals surface area contributed by atoms with E-state index in [1.807, 2.05) is 13.0 Å². The van der Waals surface area contributed by atoms with Gasteiger partial charge in [0.25, 0.3) is 0 Å². The van der Waals surface area contributed by atoms with Gasteiger partial charge in [-0.1, -0.05) is 17.7 Å². The Bertz CT molecular complexity index is 551. The van der Waals surface area contributed by atoms with Gasteiger partial charge in [0, 0.05) is 11.3 Å². The van der Waals surface area contributed by atoms with Crippen LogP contribution < -0.4 is 10.5 Å². The molecule has 2 aromatic rings. The zero-order valence-electron chi connectivity index (χ0n) is 9.91. The molecule has 2 N–H and O–H groups in total. The van der Waals surface area contributed by atoms with Gasteiger partial charge in [-0.15, -0.1) is 0 Å². The molecule has 0 radical (unpaired) electrons. The summed E-state index contributed by atoms with van der Waals surface area (Å²) in [7, 11) is 0. The van der Waals surface area contributed by atoms with Crippen LogP contribution in [-0.4, -0.2) is 0 Å². The predicted molar refractivity (Wildman–Crippen MR) is 71.3 cm³/mol. The number of aryl methyl sites for hydroxylation is 1. The van der Waals surface area contributed by atoms with Crippen LogP contribution in [0.2, 0.25) is 5.02 Å². The van der Waals surface area contributed by atoms with E-state index in [2.05, 4.69) is 0 Å². The van der Waals surface area contributed by atoms with Crippen molar-refractivity contribution >= 4 is 17.3 Å². The Morgan fingerprint density at radius 3 is 2.72 bits per heavy atom. The standard InChI is InChI=1S/C14H13ClFNO/c1-9-7-10(5-6-14(9)17)18-8-11-12(15)3-2-4-13(11)16/h2-7H,8,17H2,1H3. The van der Waals surface area contributed by atoms with Gasteiger partial charge in [-0.3, -0.25) is 0 Å². The molecular formula is C14H13ClFNO. The monoisotopic (exact) mass is 265 g/mol. The molecule has 0 saturated heterocycles. The first kappa shape index (κ1) is 12.7. The highest BCUT2D eigenvalue weighted by atomic mass is 35.5. The molecule has 0 aliphatic carbocycles. The molecule has 0 unspecified atom stereocenters. The first-order valence-electron chi connectivity index (χ1n) is 5.50. The summed E-state index contributed by atoms with van der Waals surface area (Å²) in [6.45, 7) is 1.98. The summed E-state index contributed by atoms with van der Waals surface area (Å²) in [6, 6.07) is 9.87. The van der Waals surface area contributed by atoms with Crippen LogP contribution in [-0.2, 0) is 6.61 Å². The van der Waals surface area contributed by atoms with Crippen molar-refractivity contribution in [2.24, 2.45) is 0 Å². The first-order valence-corrected chi connectivity index (χ1v) is 5.87. The topological polar surface area (TPSA) is 35.2 Å². The van der Waals surface area contributed by atoms with E-state index in [9.17, 15) is 4.39 Å². The summed E-state index contributed by atoms with van der Waals surface area (Å²) < 4.78 is 19.0. The summed E-state index contributed by atoms with van der Waals surface area (Å²) in [4.78, 5) is 0. The largest absolute Gasteiger partial charge is 0.489 e. The molecule has 0 atom stereocenters. The van der Waals surface area contributed by atoms with Crippen LogP contribution in [0.3, 0.4) is 0 Å². The zero-order valence-corrected chi connectivity index (χ0v) is 10.7. The molecule has 4 heteroatoms. The molecule has 2 nitrogen and oxygen atoms in total. The lowest BCUT2D eigenvalue weighted by Gasteiger charge is -2.10. The second-order valence-electron chi connectivity index (χ2n) is 4.01. The highest BCUT2D eigenvalue weighted by Gasteiger charge is 2.07. The maximum absolute atomic E-state index is 13.5. The van der Waals surface area contributed by atoms with E-state index in [0.29, 0.717) is 22.0 Å². The average molecular weight is 266 g/mol. The van der Waals surface area contributed by atoms with E-state index in [-0.39, 0.29) is 12.4 Å². The Balaban J connectivity index is 2.14. The van der Waals surface area contributed by atoms with Crippen molar-refractivity contribution in [1.82, 2.24) is 0 Å². The van der Waals surface area contributed by atoms with Crippen LogP contribution in [0.15, 0.2) is 36.4 Å². The Morgan fingerprint density at radius 2 is 2.06 bits per heavy atom. The summed E-state index contributed by atoms with van der Waals surface area (Å²) >= 11 is 5.91. The van der Waals surface area contributed by atoms with Crippen molar-refractivity contribution in [2.45, 2.75) is 13.5 Å². The Kier molecular flexibility index (Phi) is 3.72. The molecule has 0 bridgehead atoms. The number of benzene rings is 2. The van der Waals surface area contributed by atoms with Crippen molar-refractivity contribution in [2.75, 3.05) is 5.73 Å². The molecule has 0 aliphatic heterocycles. The van der Waals surface area contributed by atoms with Gasteiger partial charge in [-0.25, -0.2) is 4.39 Å². The minimum atomic E-state index is -0.366. The molecule has 0 spiro atoms. The maximum atomic E-state index is 13.5. The molecule has 0 saturated carbocycles. The number of ether oxygens (including phenoxy) is 1. The third kappa shape index (κ3) is 2.74. The average Bonchev–Trinajstić information content (AvgIpc) is 2.33. The smallest absolute Gasteiger partial charge is 0.131 e. The second-order valence-corrected chi connectivity index (χ2v) is 4.41. The van der Waals surface area contributed by atoms with Crippen LogP contribution in [0.1, 0.15) is 11.1 Å². The minimum absolute atomic E-state index is 0.0921. The molecule has 0 fully saturated rings. The molecular weight excluding hydrogens is 253 g/mol. The van der Waals surface area contributed by atoms with E-state index in [1.165, 1.54) is 6.07 Å². The number of hydrogen-bond acceptors (Lipinski definition) is 2. The van der Waals surface area contributed by atoms with Crippen molar-refractivity contribution < 1.29 is 9.13 Å². The van der Waals surface area contributed by atoms with Crippen LogP contribution >= 0.6 is 11.6 Å². The molecule has 0 aromatic heterocycles. The third-order valence-electron chi connectivity index (χ3n) is 2.69. The predicted octanol–water partition coefficient (Wildman–Crippen LogP) is 3.95. The number of halogens is 2. The van der Waals surface area contributed by atoms with Gasteiger partial charge in [0.15, 0.2) is 0 Å². The fourth-order valence-electron chi connectivity index (χ4n) is 1.56. The van der Waals surface area contributed by atoms with Crippen molar-refractivity contribution in [3.05, 3.63) is 58.4 Å². The number of rotatable bonds is 3. The minimum Gasteiger partial charge on any atom is -0.489 e. The molecule has 2 rings (SSSR count). The lowest BCUT2D eigenvalue weighted by Crippen LogP contribution is -2.00. The number of hydrogen-bond donors (Lipinski definition) is 1. The number of nitrogens with two attached hydrogens (primary N) is 1.